The average Bonchev–Trinajstić information content (AvgIpc) is 2.18. The van der Waals surface area contributed by atoms with Gasteiger partial charge in [-0.1, -0.05) is 0 Å². The molecule has 14 heteroatoms. The summed E-state index contributed by atoms with van der Waals surface area (Å²) in [7, 11) is 0. The maximum Gasteiger partial charge on any atom is 6.00 e. The van der Waals surface area contributed by atoms with Crippen LogP contribution in [0.2, 0.25) is 0 Å². The number of hydrogen-bond donors (Lipinski definition) is 0. The van der Waals surface area contributed by atoms with E-state index in [0.29, 0.717) is 0 Å². The van der Waals surface area contributed by atoms with Crippen molar-refractivity contribution in [2.45, 2.75) is 0 Å². The number of rotatable bonds is 0. The van der Waals surface area contributed by atoms with Crippen LogP contribution in [0.25, 0.3) is 0 Å². The molecule has 0 fully saturated rings. The molecule has 0 atom stereocenters. The number of carbonyl (C=O) groups excluding carboxylic acids is 6. The first-order chi connectivity index (χ1) is 7.93. The van der Waals surface area contributed by atoms with Crippen molar-refractivity contribution < 1.29 is 85.9 Å². The summed E-state index contributed by atoms with van der Waals surface area (Å²) in [5.41, 5.74) is 0. The topological polar surface area (TPSA) is 272 Å². The van der Waals surface area contributed by atoms with E-state index < -0.39 is 35.8 Å². The molecule has 0 spiro atoms. The monoisotopic (exact) mass is 380 g/mol. The van der Waals surface area contributed by atoms with Crippen molar-refractivity contribution in [3.63, 3.8) is 0 Å². The third kappa shape index (κ3) is 36.1. The van der Waals surface area contributed by atoms with Gasteiger partial charge in [0.15, 0.2) is 0 Å². The Balaban J connectivity index is -0.0000000536. The first-order valence-electron chi connectivity index (χ1n) is 3.20. The minimum atomic E-state index is -2.19. The van der Waals surface area contributed by atoms with E-state index in [-0.39, 0.29) is 26.5 Å². The van der Waals surface area contributed by atoms with Crippen LogP contribution in [0.3, 0.4) is 0 Å². The van der Waals surface area contributed by atoms with Gasteiger partial charge in [0.2, 0.25) is 0 Å². The van der Waals surface area contributed by atoms with E-state index in [1.54, 1.807) is 0 Å². The molecule has 0 aliphatic rings. The molecule has 0 saturated carbocycles. The van der Waals surface area contributed by atoms with Crippen LogP contribution in [0, 0.1) is 0 Å². The second-order valence-corrected chi connectivity index (χ2v) is 1.72. The van der Waals surface area contributed by atoms with Gasteiger partial charge in [0.25, 0.3) is 0 Å². The van der Waals surface area contributed by atoms with Crippen LogP contribution in [-0.2, 0) is 49.8 Å². The summed E-state index contributed by atoms with van der Waals surface area (Å²) >= 11 is 0. The summed E-state index contributed by atoms with van der Waals surface area (Å²) in [5.74, 6) is -13.1. The fourth-order valence-corrected chi connectivity index (χ4v) is 0. The quantitative estimate of drug-likeness (QED) is 0.280. The fourth-order valence-electron chi connectivity index (χ4n) is 0. The van der Waals surface area contributed by atoms with Crippen molar-refractivity contribution in [3.8, 4) is 0 Å². The van der Waals surface area contributed by atoms with Crippen molar-refractivity contribution >= 4 is 35.8 Å². The Kier molecular flexibility index (Phi) is 25.1. The molecule has 0 amide bonds. The van der Waals surface area contributed by atoms with Crippen molar-refractivity contribution in [3.05, 3.63) is 0 Å². The van der Waals surface area contributed by atoms with Crippen LogP contribution in [0.5, 0.6) is 0 Å². The van der Waals surface area contributed by atoms with Gasteiger partial charge in [0.05, 0.1) is 35.8 Å². The fraction of sp³-hybridized carbons (Fsp3) is 0. The zero-order valence-electron chi connectivity index (χ0n) is 8.81. The Morgan fingerprint density at radius 1 is 0.400 bits per heavy atom. The molecule has 0 aromatic heterocycles. The summed E-state index contributed by atoms with van der Waals surface area (Å²) in [6.07, 6.45) is 0. The number of hydrogen-bond acceptors (Lipinski definition) is 12. The second kappa shape index (κ2) is 16.5. The van der Waals surface area contributed by atoms with Gasteiger partial charge in [-0.25, -0.2) is 0 Å². The third-order valence-corrected chi connectivity index (χ3v) is 0.500. The molecule has 110 valence electrons. The molecule has 0 aliphatic carbocycles. The van der Waals surface area contributed by atoms with Gasteiger partial charge in [-0.05, 0) is 0 Å². The Bertz CT molecular complexity index is 278. The smallest absolute Gasteiger partial charge is 0.543 e. The Hall–Kier alpha value is -2.53. The first-order valence-corrected chi connectivity index (χ1v) is 3.20. The summed E-state index contributed by atoms with van der Waals surface area (Å²) < 4.78 is 0. The van der Waals surface area contributed by atoms with Gasteiger partial charge in [0, 0.05) is 0 Å². The molecule has 20 heavy (non-hydrogen) atoms. The van der Waals surface area contributed by atoms with E-state index in [1.807, 2.05) is 0 Å². The Morgan fingerprint density at radius 2 is 0.450 bits per heavy atom. The van der Waals surface area contributed by atoms with E-state index in [0.717, 1.165) is 0 Å². The predicted molar refractivity (Wildman–Crippen MR) is 33.7 cm³/mol. The van der Waals surface area contributed by atoms with Gasteiger partial charge < -0.3 is 64.9 Å². The molecule has 0 rings (SSSR count). The Labute approximate surface area is 122 Å². The standard InChI is InChI=1S/3C2H2O4.Mo.H2O/c3*3-1(4)2(5)6;;/h3*(H,3,4)(H,5,6);;1H2/q;;;+6;/p-6. The van der Waals surface area contributed by atoms with Gasteiger partial charge in [-0.3, -0.25) is 0 Å². The third-order valence-electron chi connectivity index (χ3n) is 0.500. The van der Waals surface area contributed by atoms with Crippen molar-refractivity contribution in [1.82, 2.24) is 0 Å². The van der Waals surface area contributed by atoms with Crippen LogP contribution in [0.1, 0.15) is 0 Å². The number of carboxylic acids is 6. The molecule has 0 aromatic rings. The van der Waals surface area contributed by atoms with Gasteiger partial charge in [0.1, 0.15) is 0 Å². The number of carboxylic acid groups (broad SMARTS) is 6. The largest absolute Gasteiger partial charge is 6.00 e. The Morgan fingerprint density at radius 3 is 0.450 bits per heavy atom. The van der Waals surface area contributed by atoms with E-state index in [9.17, 15) is 0 Å². The summed E-state index contributed by atoms with van der Waals surface area (Å²) in [6, 6.07) is 0. The zero-order chi connectivity index (χ0) is 15.5. The molecule has 0 saturated heterocycles. The summed E-state index contributed by atoms with van der Waals surface area (Å²) in [5, 5.41) is 53.6. The van der Waals surface area contributed by atoms with Crippen LogP contribution >= 0.6 is 0 Å². The van der Waals surface area contributed by atoms with Gasteiger partial charge >= 0.3 is 21.1 Å². The minimum absolute atomic E-state index is 0. The number of aliphatic carboxylic acids is 6. The normalized spacial score (nSPS) is 6.60. The molecule has 0 unspecified atom stereocenters. The van der Waals surface area contributed by atoms with E-state index in [1.165, 1.54) is 0 Å². The average molecular weight is 378 g/mol. The van der Waals surface area contributed by atoms with Crippen molar-refractivity contribution in [1.29, 1.82) is 0 Å². The molecule has 2 N–H and O–H groups in total. The zero-order valence-corrected chi connectivity index (χ0v) is 10.8. The molecule has 13 nitrogen and oxygen atoms in total. The number of carbonyl (C=O) groups is 6. The second-order valence-electron chi connectivity index (χ2n) is 1.72. The van der Waals surface area contributed by atoms with Crippen LogP contribution < -0.4 is 30.6 Å². The van der Waals surface area contributed by atoms with Crippen LogP contribution in [0.15, 0.2) is 0 Å². The minimum Gasteiger partial charge on any atom is -0.543 e. The molecule has 0 radical (unpaired) electrons. The van der Waals surface area contributed by atoms with E-state index in [2.05, 4.69) is 0 Å². The van der Waals surface area contributed by atoms with Crippen molar-refractivity contribution in [2.75, 3.05) is 0 Å². The van der Waals surface area contributed by atoms with Crippen LogP contribution in [0.4, 0.5) is 0 Å². The SMILES string of the molecule is O.O=C([O-])C(=O)[O-].O=C([O-])C(=O)[O-].O=C([O-])C(=O)[O-].[Mo+6]. The predicted octanol–water partition coefficient (Wildman–Crippen LogP) is -11.4. The molecule has 0 heterocycles. The molecular formula is C6H2MoO13. The molecule has 0 aliphatic heterocycles. The van der Waals surface area contributed by atoms with E-state index in [4.69, 9.17) is 59.4 Å². The summed E-state index contributed by atoms with van der Waals surface area (Å²) in [6.45, 7) is 0. The molecular weight excluding hydrogens is 376 g/mol. The molecule has 0 bridgehead atoms. The van der Waals surface area contributed by atoms with E-state index >= 15 is 0 Å². The van der Waals surface area contributed by atoms with Gasteiger partial charge in [-0.15, -0.1) is 0 Å². The maximum absolute atomic E-state index is 8.93. The van der Waals surface area contributed by atoms with Crippen molar-refractivity contribution in [2.24, 2.45) is 0 Å². The van der Waals surface area contributed by atoms with Crippen LogP contribution in [-0.4, -0.2) is 41.3 Å². The van der Waals surface area contributed by atoms with Gasteiger partial charge in [-0.2, -0.15) is 0 Å². The summed E-state index contributed by atoms with van der Waals surface area (Å²) in [4.78, 5) is 53.6. The molecule has 0 aromatic carbocycles. The first kappa shape index (κ1) is 30.5. The maximum atomic E-state index is 8.93.